The van der Waals surface area contributed by atoms with E-state index in [0.717, 1.165) is 37.8 Å². The molecule has 0 saturated carbocycles. The molecule has 0 radical (unpaired) electrons. The highest BCUT2D eigenvalue weighted by Gasteiger charge is 2.74. The van der Waals surface area contributed by atoms with Crippen molar-refractivity contribution in [2.75, 3.05) is 31.1 Å². The number of likely N-dealkylation sites (tertiary alicyclic amines) is 1. The summed E-state index contributed by atoms with van der Waals surface area (Å²) >= 11 is 0. The number of unbranched alkanes of at least 4 members (excludes halogenated alkanes) is 3. The van der Waals surface area contributed by atoms with Gasteiger partial charge in [0.2, 0.25) is 17.7 Å². The van der Waals surface area contributed by atoms with Crippen LogP contribution in [-0.2, 0) is 19.1 Å². The summed E-state index contributed by atoms with van der Waals surface area (Å²) in [5, 5.41) is 9.19. The summed E-state index contributed by atoms with van der Waals surface area (Å²) < 4.78 is 6.69. The molecule has 8 heteroatoms. The molecular formula is C33H47N3O5. The molecule has 1 N–H and O–H groups in total. The Bertz CT molecular complexity index is 1090. The van der Waals surface area contributed by atoms with Crippen molar-refractivity contribution in [2.45, 2.75) is 89.0 Å². The Morgan fingerprint density at radius 1 is 1.12 bits per heavy atom. The minimum absolute atomic E-state index is 0.0142. The molecule has 3 heterocycles. The lowest BCUT2D eigenvalue weighted by Crippen LogP contribution is -2.58. The second kappa shape index (κ2) is 13.8. The van der Waals surface area contributed by atoms with Crippen LogP contribution in [0.15, 0.2) is 55.6 Å². The molecule has 3 aliphatic heterocycles. The fraction of sp³-hybridized carbons (Fsp3) is 0.606. The second-order valence-corrected chi connectivity index (χ2v) is 11.7. The first kappa shape index (κ1) is 31.0. The van der Waals surface area contributed by atoms with Crippen LogP contribution in [0.1, 0.15) is 65.2 Å². The van der Waals surface area contributed by atoms with Gasteiger partial charge in [-0.2, -0.15) is 0 Å². The Balaban J connectivity index is 1.70. The summed E-state index contributed by atoms with van der Waals surface area (Å²) in [6.07, 6.45) is 9.15. The molecule has 3 saturated heterocycles. The highest BCUT2D eigenvalue weighted by atomic mass is 16.5. The third kappa shape index (κ3) is 5.86. The highest BCUT2D eigenvalue weighted by molar-refractivity contribution is 6.03. The molecule has 3 unspecified atom stereocenters. The van der Waals surface area contributed by atoms with E-state index >= 15 is 0 Å². The summed E-state index contributed by atoms with van der Waals surface area (Å²) in [6, 6.07) is 8.65. The maximum Gasteiger partial charge on any atom is 0.248 e. The van der Waals surface area contributed by atoms with Crippen LogP contribution < -0.4 is 4.90 Å². The minimum atomic E-state index is -1.02. The molecule has 3 amide bonds. The van der Waals surface area contributed by atoms with Crippen molar-refractivity contribution in [3.05, 3.63) is 55.6 Å². The van der Waals surface area contributed by atoms with Gasteiger partial charge < -0.3 is 24.5 Å². The van der Waals surface area contributed by atoms with Crippen LogP contribution in [-0.4, -0.2) is 82.7 Å². The fourth-order valence-electron chi connectivity index (χ4n) is 7.30. The number of rotatable bonds is 16. The summed E-state index contributed by atoms with van der Waals surface area (Å²) in [6.45, 7) is 13.2. The van der Waals surface area contributed by atoms with E-state index in [1.807, 2.05) is 42.2 Å². The van der Waals surface area contributed by atoms with Gasteiger partial charge in [-0.05, 0) is 51.2 Å². The van der Waals surface area contributed by atoms with Crippen molar-refractivity contribution < 1.29 is 24.2 Å². The smallest absolute Gasteiger partial charge is 0.248 e. The average molecular weight is 566 g/mol. The lowest BCUT2D eigenvalue weighted by molar-refractivity contribution is -0.149. The number of nitrogens with zero attached hydrogens (tertiary/aromatic N) is 3. The molecule has 3 aliphatic rings. The lowest BCUT2D eigenvalue weighted by Gasteiger charge is -2.39. The van der Waals surface area contributed by atoms with Gasteiger partial charge in [-0.1, -0.05) is 56.5 Å². The number of benzene rings is 1. The second-order valence-electron chi connectivity index (χ2n) is 11.7. The molecule has 0 aromatic heterocycles. The van der Waals surface area contributed by atoms with E-state index in [0.29, 0.717) is 38.9 Å². The molecule has 224 valence electrons. The molecule has 2 bridgehead atoms. The van der Waals surface area contributed by atoms with Gasteiger partial charge in [-0.25, -0.2) is 0 Å². The summed E-state index contributed by atoms with van der Waals surface area (Å²) in [7, 11) is 0. The first-order valence-corrected chi connectivity index (χ1v) is 15.3. The van der Waals surface area contributed by atoms with Crippen molar-refractivity contribution in [1.29, 1.82) is 0 Å². The normalized spacial score (nSPS) is 27.0. The Morgan fingerprint density at radius 2 is 1.83 bits per heavy atom. The van der Waals surface area contributed by atoms with E-state index in [1.165, 1.54) is 0 Å². The Morgan fingerprint density at radius 3 is 2.49 bits per heavy atom. The van der Waals surface area contributed by atoms with E-state index < -0.39 is 29.6 Å². The monoisotopic (exact) mass is 565 g/mol. The Kier molecular flexibility index (Phi) is 10.4. The molecule has 1 aromatic rings. The van der Waals surface area contributed by atoms with E-state index in [9.17, 15) is 19.5 Å². The molecule has 1 spiro atoms. The van der Waals surface area contributed by atoms with Crippen LogP contribution in [0, 0.1) is 11.8 Å². The molecule has 4 rings (SSSR count). The van der Waals surface area contributed by atoms with Gasteiger partial charge in [-0.3, -0.25) is 14.4 Å². The molecule has 0 aliphatic carbocycles. The average Bonchev–Trinajstić information content (AvgIpc) is 3.62. The number of fused-ring (bicyclic) bond motifs is 1. The first-order chi connectivity index (χ1) is 19.9. The minimum Gasteiger partial charge on any atom is -0.396 e. The van der Waals surface area contributed by atoms with Crippen molar-refractivity contribution >= 4 is 23.4 Å². The van der Waals surface area contributed by atoms with E-state index in [2.05, 4.69) is 20.1 Å². The molecule has 1 aromatic carbocycles. The van der Waals surface area contributed by atoms with Crippen molar-refractivity contribution in [3.63, 3.8) is 0 Å². The number of carbonyl (C=O) groups excluding carboxylic acids is 3. The van der Waals surface area contributed by atoms with Gasteiger partial charge in [0, 0.05) is 38.0 Å². The molecule has 41 heavy (non-hydrogen) atoms. The molecule has 3 fully saturated rings. The van der Waals surface area contributed by atoms with Gasteiger partial charge in [-0.15, -0.1) is 13.2 Å². The number of para-hydroxylation sites is 1. The Labute approximate surface area is 245 Å². The molecule has 6 atom stereocenters. The van der Waals surface area contributed by atoms with Crippen molar-refractivity contribution in [3.8, 4) is 0 Å². The quantitative estimate of drug-likeness (QED) is 0.238. The predicted molar refractivity (Wildman–Crippen MR) is 160 cm³/mol. The van der Waals surface area contributed by atoms with Crippen LogP contribution in [0.2, 0.25) is 0 Å². The van der Waals surface area contributed by atoms with E-state index in [4.69, 9.17) is 4.74 Å². The summed E-state index contributed by atoms with van der Waals surface area (Å²) in [4.78, 5) is 48.3. The largest absolute Gasteiger partial charge is 0.396 e. The predicted octanol–water partition coefficient (Wildman–Crippen LogP) is 4.34. The number of aliphatic hydroxyl groups is 1. The maximum atomic E-state index is 14.5. The number of amides is 3. The number of carbonyl (C=O) groups is 3. The third-order valence-electron chi connectivity index (χ3n) is 9.12. The van der Waals surface area contributed by atoms with Gasteiger partial charge in [0.25, 0.3) is 0 Å². The Hall–Kier alpha value is -2.97. The van der Waals surface area contributed by atoms with Crippen LogP contribution in [0.5, 0.6) is 0 Å². The van der Waals surface area contributed by atoms with Gasteiger partial charge >= 0.3 is 0 Å². The van der Waals surface area contributed by atoms with Gasteiger partial charge in [0.05, 0.1) is 17.9 Å². The van der Waals surface area contributed by atoms with Crippen LogP contribution in [0.25, 0.3) is 0 Å². The number of hydrogen-bond donors (Lipinski definition) is 1. The van der Waals surface area contributed by atoms with Crippen LogP contribution >= 0.6 is 0 Å². The zero-order valence-electron chi connectivity index (χ0n) is 24.7. The van der Waals surface area contributed by atoms with Crippen molar-refractivity contribution in [2.24, 2.45) is 11.8 Å². The summed E-state index contributed by atoms with van der Waals surface area (Å²) in [5.41, 5.74) is -0.273. The number of hydrogen-bond acceptors (Lipinski definition) is 5. The van der Waals surface area contributed by atoms with Gasteiger partial charge in [0.1, 0.15) is 11.6 Å². The van der Waals surface area contributed by atoms with E-state index in [1.54, 1.807) is 22.0 Å². The van der Waals surface area contributed by atoms with Gasteiger partial charge in [0.15, 0.2) is 0 Å². The van der Waals surface area contributed by atoms with Crippen LogP contribution in [0.3, 0.4) is 0 Å². The maximum absolute atomic E-state index is 14.5. The number of aliphatic hydroxyl groups excluding tert-OH is 1. The lowest BCUT2D eigenvalue weighted by atomic mass is 9.70. The molecular weight excluding hydrogens is 518 g/mol. The zero-order valence-corrected chi connectivity index (χ0v) is 24.7. The fourth-order valence-corrected chi connectivity index (χ4v) is 7.30. The third-order valence-corrected chi connectivity index (χ3v) is 9.12. The zero-order chi connectivity index (χ0) is 29.6. The summed E-state index contributed by atoms with van der Waals surface area (Å²) in [5.74, 6) is -1.79. The first-order valence-electron chi connectivity index (χ1n) is 15.3. The molecule has 8 nitrogen and oxygen atoms in total. The van der Waals surface area contributed by atoms with E-state index in [-0.39, 0.29) is 30.4 Å². The SMILES string of the molecule is C=CCN(C(=O)[C@@H]1[C@@H]2CCC3(O2)C(C(=O)N(CC=C)C(C)CCC)N(CCCCCCO)C(=O)[C@H]13)c1ccccc1. The topological polar surface area (TPSA) is 90.4 Å². The highest BCUT2D eigenvalue weighted by Crippen LogP contribution is 2.59. The standard InChI is InChI=1S/C33H47N3O5/c1-5-15-24(4)34(20-6-2)32(40)29-33-19-18-26(41-33)27(28(33)31(39)36(29)22-13-8-9-14-23-37)30(38)35(21-7-3)25-16-11-10-12-17-25/h6-7,10-12,16-17,24,26-29,37H,2-3,5,8-9,13-15,18-23H2,1,4H3/t24?,26-,27+,28-,29?,33?/m0/s1. The van der Waals surface area contributed by atoms with Crippen molar-refractivity contribution in [1.82, 2.24) is 9.80 Å². The number of anilines is 1. The van der Waals surface area contributed by atoms with Crippen LogP contribution in [0.4, 0.5) is 5.69 Å². The number of ether oxygens (including phenoxy) is 1.